The first-order chi connectivity index (χ1) is 14.4. The molecule has 0 bridgehead atoms. The summed E-state index contributed by atoms with van der Waals surface area (Å²) in [4.78, 5) is 22.7. The van der Waals surface area contributed by atoms with Crippen LogP contribution < -0.4 is 0 Å². The lowest BCUT2D eigenvalue weighted by Crippen LogP contribution is -2.47. The summed E-state index contributed by atoms with van der Waals surface area (Å²) < 4.78 is 7.43. The maximum Gasteiger partial charge on any atom is 0.254 e. The van der Waals surface area contributed by atoms with E-state index in [1.807, 2.05) is 34.8 Å². The van der Waals surface area contributed by atoms with Gasteiger partial charge in [-0.3, -0.25) is 4.79 Å². The lowest BCUT2D eigenvalue weighted by molar-refractivity contribution is 0.0617. The highest BCUT2D eigenvalue weighted by Crippen LogP contribution is 2.28. The number of likely N-dealkylation sites (tertiary alicyclic amines) is 1. The molecular weight excluding hydrogens is 378 g/mol. The Hall–Kier alpha value is -2.67. The highest BCUT2D eigenvalue weighted by atomic mass is 16.3. The third-order valence-corrected chi connectivity index (χ3v) is 6.16. The van der Waals surface area contributed by atoms with Gasteiger partial charge in [-0.25, -0.2) is 9.67 Å². The highest BCUT2D eigenvalue weighted by Gasteiger charge is 2.29. The monoisotopic (exact) mass is 409 g/mol. The summed E-state index contributed by atoms with van der Waals surface area (Å²) in [5.41, 5.74) is 2.00. The van der Waals surface area contributed by atoms with Gasteiger partial charge in [0.05, 0.1) is 23.4 Å². The van der Waals surface area contributed by atoms with Crippen LogP contribution in [0.3, 0.4) is 0 Å². The summed E-state index contributed by atoms with van der Waals surface area (Å²) in [6.45, 7) is 10.6. The van der Waals surface area contributed by atoms with Crippen molar-refractivity contribution in [3.05, 3.63) is 36.2 Å². The van der Waals surface area contributed by atoms with Gasteiger partial charge in [-0.15, -0.1) is 0 Å². The van der Waals surface area contributed by atoms with Gasteiger partial charge < -0.3 is 14.2 Å². The van der Waals surface area contributed by atoms with Crippen LogP contribution in [0.1, 0.15) is 56.9 Å². The van der Waals surface area contributed by atoms with Crippen LogP contribution >= 0.6 is 0 Å². The molecule has 160 valence electrons. The maximum absolute atomic E-state index is 13.6. The Bertz CT molecular complexity index is 1010. The van der Waals surface area contributed by atoms with E-state index in [1.165, 1.54) is 0 Å². The minimum absolute atomic E-state index is 0.0153. The van der Waals surface area contributed by atoms with Crippen LogP contribution in [0.5, 0.6) is 0 Å². The standard InChI is InChI=1S/C23H31N5O2/c1-15(2)27-10-8-17(9-11-27)26(5)23(29)18-13-20(21-7-6-12-30-21)25-22-19(18)14-24-28(22)16(3)4/h6-7,12-17H,8-11H2,1-5H3. The van der Waals surface area contributed by atoms with Gasteiger partial charge in [0, 0.05) is 38.3 Å². The summed E-state index contributed by atoms with van der Waals surface area (Å²) in [6, 6.07) is 6.46. The number of fused-ring (bicyclic) bond motifs is 1. The second-order valence-electron chi connectivity index (χ2n) is 8.73. The van der Waals surface area contributed by atoms with E-state index in [2.05, 4.69) is 37.7 Å². The second kappa shape index (κ2) is 8.22. The van der Waals surface area contributed by atoms with E-state index in [9.17, 15) is 4.79 Å². The second-order valence-corrected chi connectivity index (χ2v) is 8.73. The minimum Gasteiger partial charge on any atom is -0.463 e. The SMILES string of the molecule is CC(C)N1CCC(N(C)C(=O)c2cc(-c3ccco3)nc3c2cnn3C(C)C)CC1. The van der Waals surface area contributed by atoms with E-state index in [-0.39, 0.29) is 18.0 Å². The van der Waals surface area contributed by atoms with Crippen molar-refractivity contribution in [1.29, 1.82) is 0 Å². The Balaban J connectivity index is 1.69. The van der Waals surface area contributed by atoms with Gasteiger partial charge >= 0.3 is 0 Å². The molecule has 0 unspecified atom stereocenters. The van der Waals surface area contributed by atoms with Crippen molar-refractivity contribution < 1.29 is 9.21 Å². The van der Waals surface area contributed by atoms with E-state index >= 15 is 0 Å². The van der Waals surface area contributed by atoms with Gasteiger partial charge in [-0.05, 0) is 58.7 Å². The zero-order chi connectivity index (χ0) is 21.4. The molecule has 7 heteroatoms. The van der Waals surface area contributed by atoms with Crippen molar-refractivity contribution in [2.24, 2.45) is 0 Å². The molecule has 3 aromatic heterocycles. The molecule has 0 spiro atoms. The minimum atomic E-state index is 0.0153. The Morgan fingerprint density at radius 2 is 1.93 bits per heavy atom. The smallest absolute Gasteiger partial charge is 0.254 e. The molecule has 0 N–H and O–H groups in total. The summed E-state index contributed by atoms with van der Waals surface area (Å²) >= 11 is 0. The van der Waals surface area contributed by atoms with Crippen LogP contribution in [0, 0.1) is 0 Å². The molecule has 1 aliphatic heterocycles. The quantitative estimate of drug-likeness (QED) is 0.631. The van der Waals surface area contributed by atoms with Gasteiger partial charge in [0.2, 0.25) is 0 Å². The zero-order valence-corrected chi connectivity index (χ0v) is 18.5. The molecule has 30 heavy (non-hydrogen) atoms. The fourth-order valence-corrected chi connectivity index (χ4v) is 4.27. The number of pyridine rings is 1. The molecule has 0 saturated carbocycles. The fraction of sp³-hybridized carbons (Fsp3) is 0.522. The lowest BCUT2D eigenvalue weighted by atomic mass is 10.0. The van der Waals surface area contributed by atoms with E-state index in [0.29, 0.717) is 28.7 Å². The third-order valence-electron chi connectivity index (χ3n) is 6.16. The molecule has 0 aromatic carbocycles. The topological polar surface area (TPSA) is 67.4 Å². The average molecular weight is 410 g/mol. The molecule has 3 aromatic rings. The average Bonchev–Trinajstić information content (AvgIpc) is 3.42. The van der Waals surface area contributed by atoms with Crippen LogP contribution in [0.15, 0.2) is 35.1 Å². The zero-order valence-electron chi connectivity index (χ0n) is 18.5. The summed E-state index contributed by atoms with van der Waals surface area (Å²) in [5.74, 6) is 0.664. The number of carbonyl (C=O) groups is 1. The van der Waals surface area contributed by atoms with Crippen LogP contribution in [0.2, 0.25) is 0 Å². The number of amides is 1. The van der Waals surface area contributed by atoms with E-state index < -0.39 is 0 Å². The van der Waals surface area contributed by atoms with Crippen LogP contribution in [0.25, 0.3) is 22.5 Å². The molecule has 1 amide bonds. The number of rotatable bonds is 5. The summed E-state index contributed by atoms with van der Waals surface area (Å²) in [6.07, 6.45) is 5.36. The molecule has 0 radical (unpaired) electrons. The molecule has 1 aliphatic rings. The molecule has 1 fully saturated rings. The summed E-state index contributed by atoms with van der Waals surface area (Å²) in [5, 5.41) is 5.30. The highest BCUT2D eigenvalue weighted by molar-refractivity contribution is 6.06. The largest absolute Gasteiger partial charge is 0.463 e. The first kappa shape index (κ1) is 20.6. The molecule has 0 atom stereocenters. The van der Waals surface area contributed by atoms with E-state index in [1.54, 1.807) is 12.5 Å². The number of hydrogen-bond acceptors (Lipinski definition) is 5. The predicted molar refractivity (Wildman–Crippen MR) is 117 cm³/mol. The third kappa shape index (κ3) is 3.74. The van der Waals surface area contributed by atoms with E-state index in [4.69, 9.17) is 9.40 Å². The van der Waals surface area contributed by atoms with Crippen LogP contribution in [-0.4, -0.2) is 62.7 Å². The van der Waals surface area contributed by atoms with Gasteiger partial charge in [-0.1, -0.05) is 0 Å². The molecule has 1 saturated heterocycles. The Labute approximate surface area is 177 Å². The van der Waals surface area contributed by atoms with Crippen LogP contribution in [-0.2, 0) is 0 Å². The molecule has 0 aliphatic carbocycles. The fourth-order valence-electron chi connectivity index (χ4n) is 4.27. The number of nitrogens with zero attached hydrogens (tertiary/aromatic N) is 5. The Morgan fingerprint density at radius 3 is 2.53 bits per heavy atom. The molecule has 7 nitrogen and oxygen atoms in total. The number of furan rings is 1. The van der Waals surface area contributed by atoms with Crippen molar-refractivity contribution in [3.8, 4) is 11.5 Å². The Kier molecular flexibility index (Phi) is 5.64. The van der Waals surface area contributed by atoms with Crippen molar-refractivity contribution in [2.75, 3.05) is 20.1 Å². The van der Waals surface area contributed by atoms with Crippen molar-refractivity contribution in [3.63, 3.8) is 0 Å². The number of piperidine rings is 1. The van der Waals surface area contributed by atoms with Gasteiger partial charge in [0.25, 0.3) is 5.91 Å². The van der Waals surface area contributed by atoms with Crippen molar-refractivity contribution in [1.82, 2.24) is 24.6 Å². The van der Waals surface area contributed by atoms with Crippen LogP contribution in [0.4, 0.5) is 0 Å². The number of aromatic nitrogens is 3. The Morgan fingerprint density at radius 1 is 1.20 bits per heavy atom. The van der Waals surface area contributed by atoms with Gasteiger partial charge in [0.1, 0.15) is 5.69 Å². The van der Waals surface area contributed by atoms with Crippen molar-refractivity contribution in [2.45, 2.75) is 58.7 Å². The first-order valence-electron chi connectivity index (χ1n) is 10.8. The molecule has 4 heterocycles. The maximum atomic E-state index is 13.6. The van der Waals surface area contributed by atoms with Gasteiger partial charge in [-0.2, -0.15) is 5.10 Å². The number of hydrogen-bond donors (Lipinski definition) is 0. The predicted octanol–water partition coefficient (Wildman–Crippen LogP) is 4.22. The lowest BCUT2D eigenvalue weighted by Gasteiger charge is -2.38. The van der Waals surface area contributed by atoms with Crippen molar-refractivity contribution >= 4 is 16.9 Å². The van der Waals surface area contributed by atoms with Gasteiger partial charge in [0.15, 0.2) is 11.4 Å². The number of carbonyl (C=O) groups excluding carboxylic acids is 1. The summed E-state index contributed by atoms with van der Waals surface area (Å²) in [7, 11) is 1.92. The molecule has 4 rings (SSSR count). The molecular formula is C23H31N5O2. The van der Waals surface area contributed by atoms with E-state index in [0.717, 1.165) is 31.3 Å². The first-order valence-corrected chi connectivity index (χ1v) is 10.8. The normalized spacial score (nSPS) is 16.1.